The molecule has 0 saturated heterocycles. The van der Waals surface area contributed by atoms with Gasteiger partial charge < -0.3 is 10.5 Å². The van der Waals surface area contributed by atoms with E-state index in [1.165, 1.54) is 0 Å². The summed E-state index contributed by atoms with van der Waals surface area (Å²) in [5.74, 6) is 1.05. The number of pyridine rings is 1. The molecule has 0 unspecified atom stereocenters. The van der Waals surface area contributed by atoms with Crippen molar-refractivity contribution in [3.05, 3.63) is 51.1 Å². The topological polar surface area (TPSA) is 48.1 Å². The summed E-state index contributed by atoms with van der Waals surface area (Å²) in [5.41, 5.74) is 7.53. The number of hydrogen-bond acceptors (Lipinski definition) is 3. The van der Waals surface area contributed by atoms with Crippen LogP contribution in [-0.4, -0.2) is 4.98 Å². The number of hydrogen-bond donors (Lipinski definition) is 1. The first-order valence-corrected chi connectivity index (χ1v) is 6.55. The molecule has 0 bridgehead atoms. The Balaban J connectivity index is 2.28. The first kappa shape index (κ1) is 13.3. The third-order valence-corrected chi connectivity index (χ3v) is 3.28. The van der Waals surface area contributed by atoms with Crippen molar-refractivity contribution < 1.29 is 4.74 Å². The maximum Gasteiger partial charge on any atom is 0.238 e. The highest BCUT2D eigenvalue weighted by Crippen LogP contribution is 2.32. The standard InChI is InChI=1S/C13H12BrClN2O/c1-8-2-3-12(10(14)4-8)18-13-11(15)5-9(6-16)7-17-13/h2-5,7H,6,16H2,1H3. The highest BCUT2D eigenvalue weighted by Gasteiger charge is 2.08. The molecule has 1 aromatic heterocycles. The van der Waals surface area contributed by atoms with Crippen LogP contribution in [0.25, 0.3) is 0 Å². The van der Waals surface area contributed by atoms with Crippen LogP contribution in [0.15, 0.2) is 34.9 Å². The SMILES string of the molecule is Cc1ccc(Oc2ncc(CN)cc2Cl)c(Br)c1. The molecule has 0 amide bonds. The third-order valence-electron chi connectivity index (χ3n) is 2.39. The van der Waals surface area contributed by atoms with E-state index in [1.807, 2.05) is 25.1 Å². The number of ether oxygens (including phenoxy) is 1. The van der Waals surface area contributed by atoms with Gasteiger partial charge in [-0.2, -0.15) is 0 Å². The Kier molecular flexibility index (Phi) is 4.22. The maximum absolute atomic E-state index is 6.08. The van der Waals surface area contributed by atoms with Crippen molar-refractivity contribution in [2.24, 2.45) is 5.73 Å². The lowest BCUT2D eigenvalue weighted by Crippen LogP contribution is -1.98. The van der Waals surface area contributed by atoms with Gasteiger partial charge >= 0.3 is 0 Å². The van der Waals surface area contributed by atoms with E-state index in [4.69, 9.17) is 22.1 Å². The molecule has 3 nitrogen and oxygen atoms in total. The molecule has 0 aliphatic carbocycles. The van der Waals surface area contributed by atoms with Crippen LogP contribution in [0.4, 0.5) is 0 Å². The zero-order valence-electron chi connectivity index (χ0n) is 9.78. The van der Waals surface area contributed by atoms with E-state index in [1.54, 1.807) is 12.3 Å². The summed E-state index contributed by atoms with van der Waals surface area (Å²) in [4.78, 5) is 4.15. The minimum absolute atomic E-state index is 0.374. The van der Waals surface area contributed by atoms with Gasteiger partial charge in [0.1, 0.15) is 10.8 Å². The Hall–Kier alpha value is -1.10. The summed E-state index contributed by atoms with van der Waals surface area (Å²) in [6.45, 7) is 2.41. The molecule has 2 rings (SSSR count). The van der Waals surface area contributed by atoms with Crippen LogP contribution in [0.2, 0.25) is 5.02 Å². The highest BCUT2D eigenvalue weighted by molar-refractivity contribution is 9.10. The fraction of sp³-hybridized carbons (Fsp3) is 0.154. The van der Waals surface area contributed by atoms with Gasteiger partial charge in [0, 0.05) is 12.7 Å². The van der Waals surface area contributed by atoms with E-state index in [9.17, 15) is 0 Å². The first-order chi connectivity index (χ1) is 8.60. The van der Waals surface area contributed by atoms with Crippen LogP contribution < -0.4 is 10.5 Å². The fourth-order valence-electron chi connectivity index (χ4n) is 1.44. The Morgan fingerprint density at radius 1 is 1.39 bits per heavy atom. The summed E-state index contributed by atoms with van der Waals surface area (Å²) in [5, 5.41) is 0.449. The van der Waals surface area contributed by atoms with Gasteiger partial charge in [-0.15, -0.1) is 0 Å². The molecule has 94 valence electrons. The second-order valence-corrected chi connectivity index (χ2v) is 5.13. The molecule has 2 N–H and O–H groups in total. The molecular weight excluding hydrogens is 316 g/mol. The number of halogens is 2. The van der Waals surface area contributed by atoms with E-state index < -0.39 is 0 Å². The Labute approximate surface area is 119 Å². The predicted molar refractivity (Wildman–Crippen MR) is 76.1 cm³/mol. The van der Waals surface area contributed by atoms with Gasteiger partial charge in [0.15, 0.2) is 0 Å². The lowest BCUT2D eigenvalue weighted by Gasteiger charge is -2.09. The number of nitrogens with zero attached hydrogens (tertiary/aromatic N) is 1. The van der Waals surface area contributed by atoms with E-state index in [0.29, 0.717) is 23.2 Å². The monoisotopic (exact) mass is 326 g/mol. The zero-order chi connectivity index (χ0) is 13.1. The zero-order valence-corrected chi connectivity index (χ0v) is 12.1. The van der Waals surface area contributed by atoms with E-state index in [-0.39, 0.29) is 0 Å². The van der Waals surface area contributed by atoms with Crippen LogP contribution in [-0.2, 0) is 6.54 Å². The molecule has 5 heteroatoms. The van der Waals surface area contributed by atoms with Crippen LogP contribution in [0.3, 0.4) is 0 Å². The second kappa shape index (κ2) is 5.69. The van der Waals surface area contributed by atoms with Gasteiger partial charge in [-0.3, -0.25) is 0 Å². The van der Waals surface area contributed by atoms with Crippen LogP contribution in [0.5, 0.6) is 11.6 Å². The van der Waals surface area contributed by atoms with E-state index in [0.717, 1.165) is 15.6 Å². The summed E-state index contributed by atoms with van der Waals surface area (Å²) >= 11 is 9.52. The van der Waals surface area contributed by atoms with Crippen LogP contribution in [0.1, 0.15) is 11.1 Å². The molecule has 0 atom stereocenters. The van der Waals surface area contributed by atoms with Gasteiger partial charge in [-0.1, -0.05) is 17.7 Å². The van der Waals surface area contributed by atoms with Gasteiger partial charge in [-0.05, 0) is 52.2 Å². The molecule has 0 aliphatic rings. The molecule has 0 fully saturated rings. The van der Waals surface area contributed by atoms with Crippen molar-refractivity contribution in [1.29, 1.82) is 0 Å². The Morgan fingerprint density at radius 3 is 2.78 bits per heavy atom. The number of aromatic nitrogens is 1. The molecule has 0 aliphatic heterocycles. The quantitative estimate of drug-likeness (QED) is 0.925. The molecule has 1 heterocycles. The van der Waals surface area contributed by atoms with Crippen molar-refractivity contribution in [1.82, 2.24) is 4.98 Å². The van der Waals surface area contributed by atoms with Crippen molar-refractivity contribution in [3.8, 4) is 11.6 Å². The minimum atomic E-state index is 0.374. The first-order valence-electron chi connectivity index (χ1n) is 5.38. The van der Waals surface area contributed by atoms with Gasteiger partial charge in [0.05, 0.1) is 4.47 Å². The summed E-state index contributed by atoms with van der Waals surface area (Å²) in [7, 11) is 0. The van der Waals surface area contributed by atoms with Gasteiger partial charge in [0.25, 0.3) is 0 Å². The summed E-state index contributed by atoms with van der Waals surface area (Å²) in [6, 6.07) is 7.56. The molecule has 18 heavy (non-hydrogen) atoms. The lowest BCUT2D eigenvalue weighted by molar-refractivity contribution is 0.460. The average Bonchev–Trinajstić information content (AvgIpc) is 2.34. The predicted octanol–water partition coefficient (Wildman–Crippen LogP) is 4.06. The maximum atomic E-state index is 6.08. The fourth-order valence-corrected chi connectivity index (χ4v) is 2.25. The molecule has 2 aromatic rings. The number of aryl methyl sites for hydroxylation is 1. The van der Waals surface area contributed by atoms with E-state index in [2.05, 4.69) is 20.9 Å². The van der Waals surface area contributed by atoms with Gasteiger partial charge in [0.2, 0.25) is 5.88 Å². The van der Waals surface area contributed by atoms with Crippen molar-refractivity contribution in [3.63, 3.8) is 0 Å². The highest BCUT2D eigenvalue weighted by atomic mass is 79.9. The van der Waals surface area contributed by atoms with E-state index >= 15 is 0 Å². The number of rotatable bonds is 3. The van der Waals surface area contributed by atoms with Crippen molar-refractivity contribution in [2.45, 2.75) is 13.5 Å². The van der Waals surface area contributed by atoms with Crippen molar-refractivity contribution in [2.75, 3.05) is 0 Å². The average molecular weight is 328 g/mol. The molecule has 0 spiro atoms. The van der Waals surface area contributed by atoms with Crippen molar-refractivity contribution >= 4 is 27.5 Å². The number of nitrogens with two attached hydrogens (primary N) is 1. The molecular formula is C13H12BrClN2O. The minimum Gasteiger partial charge on any atom is -0.436 e. The summed E-state index contributed by atoms with van der Waals surface area (Å²) in [6.07, 6.45) is 1.66. The van der Waals surface area contributed by atoms with Gasteiger partial charge in [-0.25, -0.2) is 4.98 Å². The largest absolute Gasteiger partial charge is 0.436 e. The molecule has 0 radical (unpaired) electrons. The lowest BCUT2D eigenvalue weighted by atomic mass is 10.2. The van der Waals surface area contributed by atoms with Crippen LogP contribution in [0, 0.1) is 6.92 Å². The second-order valence-electron chi connectivity index (χ2n) is 3.87. The smallest absolute Gasteiger partial charge is 0.238 e. The van der Waals surface area contributed by atoms with Crippen LogP contribution >= 0.6 is 27.5 Å². The number of benzene rings is 1. The molecule has 0 saturated carbocycles. The summed E-state index contributed by atoms with van der Waals surface area (Å²) < 4.78 is 6.53. The normalized spacial score (nSPS) is 10.4. The Morgan fingerprint density at radius 2 is 2.17 bits per heavy atom. The third kappa shape index (κ3) is 3.02. The molecule has 1 aromatic carbocycles. The Bertz CT molecular complexity index is 575.